The molecular formula is C24H29N3O4. The van der Waals surface area contributed by atoms with Gasteiger partial charge in [0.2, 0.25) is 0 Å². The van der Waals surface area contributed by atoms with E-state index in [2.05, 4.69) is 9.97 Å². The molecule has 7 heteroatoms. The third-order valence-electron chi connectivity index (χ3n) is 5.92. The minimum Gasteiger partial charge on any atom is -0.493 e. The van der Waals surface area contributed by atoms with Gasteiger partial charge in [0.05, 0.1) is 36.6 Å². The summed E-state index contributed by atoms with van der Waals surface area (Å²) in [6.45, 7) is 3.51. The van der Waals surface area contributed by atoms with Crippen LogP contribution >= 0.6 is 0 Å². The average molecular weight is 424 g/mol. The molecule has 0 unspecified atom stereocenters. The van der Waals surface area contributed by atoms with Crippen LogP contribution in [0.3, 0.4) is 0 Å². The van der Waals surface area contributed by atoms with Crippen molar-refractivity contribution in [2.24, 2.45) is 0 Å². The van der Waals surface area contributed by atoms with Crippen LogP contribution in [0.2, 0.25) is 0 Å². The second-order valence-electron chi connectivity index (χ2n) is 8.08. The zero-order chi connectivity index (χ0) is 21.8. The molecular weight excluding hydrogens is 394 g/mol. The van der Waals surface area contributed by atoms with Gasteiger partial charge in [0.15, 0.2) is 11.5 Å². The SMILES string of the molecule is COc1cc(C)ccc1OCC[C@H](O)N1CCC(O)(c2cnc3ccccc3n2)CC1. The van der Waals surface area contributed by atoms with Gasteiger partial charge in [0.1, 0.15) is 11.8 Å². The molecule has 0 radical (unpaired) electrons. The number of hydrogen-bond acceptors (Lipinski definition) is 7. The summed E-state index contributed by atoms with van der Waals surface area (Å²) in [4.78, 5) is 11.0. The van der Waals surface area contributed by atoms with Crippen LogP contribution in [0.1, 0.15) is 30.5 Å². The van der Waals surface area contributed by atoms with Crippen LogP contribution in [0, 0.1) is 6.92 Å². The van der Waals surface area contributed by atoms with Crippen LogP contribution < -0.4 is 9.47 Å². The molecule has 0 aliphatic carbocycles. The normalized spacial score (nSPS) is 17.4. The lowest BCUT2D eigenvalue weighted by Crippen LogP contribution is -2.47. The molecule has 31 heavy (non-hydrogen) atoms. The van der Waals surface area contributed by atoms with Gasteiger partial charge in [-0.3, -0.25) is 9.88 Å². The Morgan fingerprint density at radius 1 is 1.10 bits per heavy atom. The standard InChI is InChI=1S/C24H29N3O4/c1-17-7-8-20(21(15-17)30-2)31-14-9-23(28)27-12-10-24(29,11-13-27)22-16-25-18-5-3-4-6-19(18)26-22/h3-8,15-16,23,28-29H,9-14H2,1-2H3/t23-/m0/s1. The molecule has 7 nitrogen and oxygen atoms in total. The fraction of sp³-hybridized carbons (Fsp3) is 0.417. The molecule has 1 fully saturated rings. The summed E-state index contributed by atoms with van der Waals surface area (Å²) in [6, 6.07) is 13.4. The maximum absolute atomic E-state index is 11.2. The lowest BCUT2D eigenvalue weighted by Gasteiger charge is -2.39. The highest BCUT2D eigenvalue weighted by molar-refractivity contribution is 5.73. The monoisotopic (exact) mass is 423 g/mol. The topological polar surface area (TPSA) is 87.9 Å². The zero-order valence-electron chi connectivity index (χ0n) is 18.0. The summed E-state index contributed by atoms with van der Waals surface area (Å²) >= 11 is 0. The number of hydrogen-bond donors (Lipinski definition) is 2. The number of methoxy groups -OCH3 is 1. The largest absolute Gasteiger partial charge is 0.493 e. The summed E-state index contributed by atoms with van der Waals surface area (Å²) in [5.41, 5.74) is 2.25. The smallest absolute Gasteiger partial charge is 0.161 e. The van der Waals surface area contributed by atoms with E-state index in [1.165, 1.54) is 0 Å². The van der Waals surface area contributed by atoms with Crippen LogP contribution in [0.15, 0.2) is 48.7 Å². The van der Waals surface area contributed by atoms with Crippen LogP contribution in [-0.4, -0.2) is 58.1 Å². The number of para-hydroxylation sites is 2. The van der Waals surface area contributed by atoms with Crippen molar-refractivity contribution in [2.75, 3.05) is 26.8 Å². The number of aliphatic hydroxyl groups is 2. The van der Waals surface area contributed by atoms with E-state index in [9.17, 15) is 10.2 Å². The molecule has 3 aromatic rings. The van der Waals surface area contributed by atoms with Gasteiger partial charge < -0.3 is 19.7 Å². The Balaban J connectivity index is 1.31. The first-order valence-electron chi connectivity index (χ1n) is 10.6. The number of aromatic nitrogens is 2. The van der Waals surface area contributed by atoms with Crippen molar-refractivity contribution in [1.82, 2.24) is 14.9 Å². The van der Waals surface area contributed by atoms with Gasteiger partial charge >= 0.3 is 0 Å². The molecule has 1 aliphatic rings. The molecule has 2 heterocycles. The fourth-order valence-electron chi connectivity index (χ4n) is 3.98. The van der Waals surface area contributed by atoms with E-state index in [0.29, 0.717) is 56.2 Å². The molecule has 0 bridgehead atoms. The minimum atomic E-state index is -1.03. The summed E-state index contributed by atoms with van der Waals surface area (Å²) in [7, 11) is 1.62. The lowest BCUT2D eigenvalue weighted by atomic mass is 9.88. The van der Waals surface area contributed by atoms with Gasteiger partial charge in [-0.2, -0.15) is 0 Å². The molecule has 0 amide bonds. The number of piperidine rings is 1. The van der Waals surface area contributed by atoms with E-state index in [0.717, 1.165) is 16.6 Å². The predicted molar refractivity (Wildman–Crippen MR) is 118 cm³/mol. The van der Waals surface area contributed by atoms with E-state index in [1.54, 1.807) is 13.3 Å². The molecule has 164 valence electrons. The van der Waals surface area contributed by atoms with Crippen LogP contribution in [0.25, 0.3) is 11.0 Å². The Morgan fingerprint density at radius 2 is 1.84 bits per heavy atom. The molecule has 0 saturated carbocycles. The van der Waals surface area contributed by atoms with E-state index in [4.69, 9.17) is 9.47 Å². The first-order chi connectivity index (χ1) is 15.0. The van der Waals surface area contributed by atoms with Crippen molar-refractivity contribution in [3.05, 3.63) is 59.9 Å². The molecule has 2 N–H and O–H groups in total. The molecule has 0 spiro atoms. The first-order valence-corrected chi connectivity index (χ1v) is 10.6. The summed E-state index contributed by atoms with van der Waals surface area (Å²) in [5, 5.41) is 21.8. The zero-order valence-corrected chi connectivity index (χ0v) is 18.0. The fourth-order valence-corrected chi connectivity index (χ4v) is 3.98. The van der Waals surface area contributed by atoms with Gasteiger partial charge in [-0.1, -0.05) is 18.2 Å². The van der Waals surface area contributed by atoms with Crippen molar-refractivity contribution in [3.63, 3.8) is 0 Å². The molecule has 4 rings (SSSR count). The molecule has 1 atom stereocenters. The molecule has 2 aromatic carbocycles. The molecule has 1 aliphatic heterocycles. The number of fused-ring (bicyclic) bond motifs is 1. The third-order valence-corrected chi connectivity index (χ3v) is 5.92. The molecule has 1 aromatic heterocycles. The Kier molecular flexibility index (Phi) is 6.36. The van der Waals surface area contributed by atoms with Gasteiger partial charge in [0.25, 0.3) is 0 Å². The quantitative estimate of drug-likeness (QED) is 0.604. The maximum atomic E-state index is 11.2. The minimum absolute atomic E-state index is 0.373. The summed E-state index contributed by atoms with van der Waals surface area (Å²) < 4.78 is 11.2. The van der Waals surface area contributed by atoms with Gasteiger partial charge in [-0.05, 0) is 49.6 Å². The highest BCUT2D eigenvalue weighted by Gasteiger charge is 2.37. The van der Waals surface area contributed by atoms with Gasteiger partial charge in [-0.15, -0.1) is 0 Å². The Hall–Kier alpha value is -2.74. The Bertz CT molecular complexity index is 1030. The lowest BCUT2D eigenvalue weighted by molar-refractivity contribution is -0.0836. The number of aliphatic hydroxyl groups excluding tert-OH is 1. The van der Waals surface area contributed by atoms with Crippen molar-refractivity contribution in [3.8, 4) is 11.5 Å². The Labute approximate surface area is 182 Å². The van der Waals surface area contributed by atoms with E-state index in [1.807, 2.05) is 54.3 Å². The number of likely N-dealkylation sites (tertiary alicyclic amines) is 1. The number of nitrogens with zero attached hydrogens (tertiary/aromatic N) is 3. The van der Waals surface area contributed by atoms with Crippen LogP contribution in [0.4, 0.5) is 0 Å². The summed E-state index contributed by atoms with van der Waals surface area (Å²) in [6.07, 6.45) is 2.47. The molecule has 1 saturated heterocycles. The van der Waals surface area contributed by atoms with Crippen molar-refractivity contribution in [1.29, 1.82) is 0 Å². The summed E-state index contributed by atoms with van der Waals surface area (Å²) in [5.74, 6) is 1.36. The highest BCUT2D eigenvalue weighted by atomic mass is 16.5. The number of aryl methyl sites for hydroxylation is 1. The second kappa shape index (κ2) is 9.18. The van der Waals surface area contributed by atoms with Crippen LogP contribution in [-0.2, 0) is 5.60 Å². The number of rotatable bonds is 7. The van der Waals surface area contributed by atoms with E-state index >= 15 is 0 Å². The number of ether oxygens (including phenoxy) is 2. The third kappa shape index (κ3) is 4.79. The van der Waals surface area contributed by atoms with E-state index in [-0.39, 0.29) is 0 Å². The maximum Gasteiger partial charge on any atom is 0.161 e. The van der Waals surface area contributed by atoms with Crippen molar-refractivity contribution >= 4 is 11.0 Å². The van der Waals surface area contributed by atoms with Gasteiger partial charge in [-0.25, -0.2) is 4.98 Å². The average Bonchev–Trinajstić information content (AvgIpc) is 2.80. The Morgan fingerprint density at radius 3 is 2.58 bits per heavy atom. The predicted octanol–water partition coefficient (Wildman–Crippen LogP) is 3.02. The van der Waals surface area contributed by atoms with Crippen molar-refractivity contribution in [2.45, 2.75) is 38.0 Å². The van der Waals surface area contributed by atoms with Crippen molar-refractivity contribution < 1.29 is 19.7 Å². The first kappa shape index (κ1) is 21.5. The highest BCUT2D eigenvalue weighted by Crippen LogP contribution is 2.33. The van der Waals surface area contributed by atoms with Gasteiger partial charge in [0, 0.05) is 19.5 Å². The van der Waals surface area contributed by atoms with Crippen LogP contribution in [0.5, 0.6) is 11.5 Å². The van der Waals surface area contributed by atoms with E-state index < -0.39 is 11.8 Å². The second-order valence-corrected chi connectivity index (χ2v) is 8.08. The number of benzene rings is 2.